The summed E-state index contributed by atoms with van der Waals surface area (Å²) in [4.78, 5) is 18.8. The van der Waals surface area contributed by atoms with Crippen LogP contribution in [0.2, 0.25) is 0 Å². The van der Waals surface area contributed by atoms with Gasteiger partial charge in [0.25, 0.3) is 0 Å². The summed E-state index contributed by atoms with van der Waals surface area (Å²) in [5.74, 6) is 0.666. The summed E-state index contributed by atoms with van der Waals surface area (Å²) in [7, 11) is 0. The van der Waals surface area contributed by atoms with Crippen LogP contribution in [0.5, 0.6) is 0 Å². The Kier molecular flexibility index (Phi) is 4.01. The number of hydrogen-bond donors (Lipinski definition) is 1. The summed E-state index contributed by atoms with van der Waals surface area (Å²) in [6, 6.07) is 10.1. The Bertz CT molecular complexity index is 688. The summed E-state index contributed by atoms with van der Waals surface area (Å²) in [6.45, 7) is 5.51. The van der Waals surface area contributed by atoms with Crippen LogP contribution in [0.15, 0.2) is 30.3 Å². The average Bonchev–Trinajstić information content (AvgIpc) is 2.53. The third-order valence-electron chi connectivity index (χ3n) is 4.47. The van der Waals surface area contributed by atoms with Crippen molar-refractivity contribution in [1.82, 2.24) is 9.88 Å². The maximum absolute atomic E-state index is 12.1. The largest absolute Gasteiger partial charge is 0.397 e. The molecule has 4 heteroatoms. The molecule has 116 valence electrons. The van der Waals surface area contributed by atoms with Crippen LogP contribution in [0.25, 0.3) is 10.9 Å². The zero-order valence-electron chi connectivity index (χ0n) is 13.2. The molecule has 0 radical (unpaired) electrons. The Hall–Kier alpha value is -2.10. The molecular weight excluding hydrogens is 274 g/mol. The second-order valence-corrected chi connectivity index (χ2v) is 6.41. The van der Waals surface area contributed by atoms with Gasteiger partial charge in [-0.05, 0) is 25.0 Å². The third kappa shape index (κ3) is 2.78. The van der Waals surface area contributed by atoms with Gasteiger partial charge in [-0.3, -0.25) is 9.78 Å². The lowest BCUT2D eigenvalue weighted by Gasteiger charge is -2.33. The number of likely N-dealkylation sites (tertiary alicyclic amines) is 1. The molecular formula is C18H23N3O. The molecule has 1 aliphatic heterocycles. The lowest BCUT2D eigenvalue weighted by molar-refractivity contribution is -0.135. The van der Waals surface area contributed by atoms with Gasteiger partial charge in [-0.2, -0.15) is 0 Å². The van der Waals surface area contributed by atoms with Crippen molar-refractivity contribution < 1.29 is 4.79 Å². The first-order chi connectivity index (χ1) is 10.6. The van der Waals surface area contributed by atoms with Crippen LogP contribution in [-0.4, -0.2) is 28.9 Å². The van der Waals surface area contributed by atoms with Crippen LogP contribution in [0.3, 0.4) is 0 Å². The molecule has 2 aromatic rings. The highest BCUT2D eigenvalue weighted by atomic mass is 16.2. The van der Waals surface area contributed by atoms with Crippen LogP contribution < -0.4 is 5.73 Å². The maximum atomic E-state index is 12.1. The lowest BCUT2D eigenvalue weighted by Crippen LogP contribution is -2.40. The number of anilines is 1. The fourth-order valence-corrected chi connectivity index (χ4v) is 3.21. The molecule has 1 saturated heterocycles. The van der Waals surface area contributed by atoms with Crippen molar-refractivity contribution in [2.24, 2.45) is 5.92 Å². The normalized spacial score (nSPS) is 16.4. The quantitative estimate of drug-likeness (QED) is 0.926. The molecule has 1 aliphatic rings. The van der Waals surface area contributed by atoms with E-state index in [2.05, 4.69) is 0 Å². The summed E-state index contributed by atoms with van der Waals surface area (Å²) in [5, 5.41) is 1.08. The Labute approximate surface area is 131 Å². The van der Waals surface area contributed by atoms with Gasteiger partial charge < -0.3 is 10.6 Å². The molecule has 0 saturated carbocycles. The second kappa shape index (κ2) is 5.95. The number of carbonyl (C=O) groups is 1. The van der Waals surface area contributed by atoms with Gasteiger partial charge in [-0.15, -0.1) is 0 Å². The number of carbonyl (C=O) groups excluding carboxylic acids is 1. The summed E-state index contributed by atoms with van der Waals surface area (Å²) in [5.41, 5.74) is 8.98. The van der Waals surface area contributed by atoms with E-state index in [1.807, 2.05) is 49.1 Å². The van der Waals surface area contributed by atoms with Crippen LogP contribution in [0.4, 0.5) is 5.69 Å². The molecule has 0 atom stereocenters. The smallest absolute Gasteiger partial charge is 0.225 e. The fourth-order valence-electron chi connectivity index (χ4n) is 3.21. The SMILES string of the molecule is CC(C)C(=O)N1CCC(c2nc3ccccc3cc2N)CC1. The maximum Gasteiger partial charge on any atom is 0.225 e. The Morgan fingerprint density at radius 3 is 2.64 bits per heavy atom. The molecule has 0 unspecified atom stereocenters. The molecule has 0 bridgehead atoms. The zero-order valence-corrected chi connectivity index (χ0v) is 13.2. The minimum Gasteiger partial charge on any atom is -0.397 e. The van der Waals surface area contributed by atoms with Crippen molar-refractivity contribution in [3.05, 3.63) is 36.0 Å². The van der Waals surface area contributed by atoms with Gasteiger partial charge in [0.1, 0.15) is 0 Å². The molecule has 1 fully saturated rings. The lowest BCUT2D eigenvalue weighted by atomic mass is 9.91. The first kappa shape index (κ1) is 14.8. The number of hydrogen-bond acceptors (Lipinski definition) is 3. The number of nitrogen functional groups attached to an aromatic ring is 1. The molecule has 4 nitrogen and oxygen atoms in total. The topological polar surface area (TPSA) is 59.2 Å². The predicted octanol–water partition coefficient (Wildman–Crippen LogP) is 3.18. The molecule has 3 rings (SSSR count). The average molecular weight is 297 g/mol. The molecule has 2 N–H and O–H groups in total. The van der Waals surface area contributed by atoms with Gasteiger partial charge in [0.15, 0.2) is 0 Å². The predicted molar refractivity (Wildman–Crippen MR) is 89.5 cm³/mol. The Morgan fingerprint density at radius 2 is 1.95 bits per heavy atom. The highest BCUT2D eigenvalue weighted by molar-refractivity contribution is 5.82. The number of para-hydroxylation sites is 1. The van der Waals surface area contributed by atoms with E-state index in [1.54, 1.807) is 0 Å². The number of fused-ring (bicyclic) bond motifs is 1. The molecule has 1 aromatic heterocycles. The van der Waals surface area contributed by atoms with Gasteiger partial charge in [-0.25, -0.2) is 0 Å². The van der Waals surface area contributed by atoms with Crippen molar-refractivity contribution in [3.8, 4) is 0 Å². The first-order valence-electron chi connectivity index (χ1n) is 8.00. The van der Waals surface area contributed by atoms with Gasteiger partial charge in [-0.1, -0.05) is 32.0 Å². The van der Waals surface area contributed by atoms with E-state index >= 15 is 0 Å². The number of nitrogens with two attached hydrogens (primary N) is 1. The second-order valence-electron chi connectivity index (χ2n) is 6.41. The Morgan fingerprint density at radius 1 is 1.27 bits per heavy atom. The van der Waals surface area contributed by atoms with Crippen LogP contribution >= 0.6 is 0 Å². The van der Waals surface area contributed by atoms with Crippen molar-refractivity contribution >= 4 is 22.5 Å². The molecule has 1 amide bonds. The van der Waals surface area contributed by atoms with Gasteiger partial charge in [0.05, 0.1) is 16.9 Å². The van der Waals surface area contributed by atoms with Crippen molar-refractivity contribution in [1.29, 1.82) is 0 Å². The standard InChI is InChI=1S/C18H23N3O/c1-12(2)18(22)21-9-7-13(8-10-21)17-15(19)11-14-5-3-4-6-16(14)20-17/h3-6,11-13H,7-10,19H2,1-2H3. The molecule has 2 heterocycles. The van der Waals surface area contributed by atoms with Crippen molar-refractivity contribution in [2.75, 3.05) is 18.8 Å². The van der Waals surface area contributed by atoms with E-state index < -0.39 is 0 Å². The van der Waals surface area contributed by atoms with Crippen molar-refractivity contribution in [2.45, 2.75) is 32.6 Å². The highest BCUT2D eigenvalue weighted by Gasteiger charge is 2.27. The van der Waals surface area contributed by atoms with E-state index in [0.717, 1.165) is 48.2 Å². The minimum atomic E-state index is 0.0698. The third-order valence-corrected chi connectivity index (χ3v) is 4.47. The van der Waals surface area contributed by atoms with E-state index in [-0.39, 0.29) is 11.8 Å². The summed E-state index contributed by atoms with van der Waals surface area (Å²) in [6.07, 6.45) is 1.88. The number of aromatic nitrogens is 1. The van der Waals surface area contributed by atoms with Gasteiger partial charge >= 0.3 is 0 Å². The van der Waals surface area contributed by atoms with Crippen LogP contribution in [-0.2, 0) is 4.79 Å². The number of pyridine rings is 1. The number of nitrogens with zero attached hydrogens (tertiary/aromatic N) is 2. The van der Waals surface area contributed by atoms with Crippen molar-refractivity contribution in [3.63, 3.8) is 0 Å². The summed E-state index contributed by atoms with van der Waals surface area (Å²) < 4.78 is 0. The van der Waals surface area contributed by atoms with Crippen LogP contribution in [0, 0.1) is 5.92 Å². The van der Waals surface area contributed by atoms with E-state index in [9.17, 15) is 4.79 Å². The first-order valence-corrected chi connectivity index (χ1v) is 8.00. The van der Waals surface area contributed by atoms with E-state index in [1.165, 1.54) is 0 Å². The van der Waals surface area contributed by atoms with E-state index in [4.69, 9.17) is 10.7 Å². The van der Waals surface area contributed by atoms with E-state index in [0.29, 0.717) is 5.92 Å². The van der Waals surface area contributed by atoms with Gasteiger partial charge in [0.2, 0.25) is 5.91 Å². The number of benzene rings is 1. The molecule has 0 aliphatic carbocycles. The zero-order chi connectivity index (χ0) is 15.7. The highest BCUT2D eigenvalue weighted by Crippen LogP contribution is 2.32. The molecule has 1 aromatic carbocycles. The monoisotopic (exact) mass is 297 g/mol. The number of amides is 1. The molecule has 0 spiro atoms. The minimum absolute atomic E-state index is 0.0698. The van der Waals surface area contributed by atoms with Gasteiger partial charge in [0, 0.05) is 30.3 Å². The fraction of sp³-hybridized carbons (Fsp3) is 0.444. The number of piperidine rings is 1. The van der Waals surface area contributed by atoms with Crippen LogP contribution in [0.1, 0.15) is 38.3 Å². The summed E-state index contributed by atoms with van der Waals surface area (Å²) >= 11 is 0. The Balaban J connectivity index is 1.79. The molecule has 22 heavy (non-hydrogen) atoms. The number of rotatable bonds is 2.